The van der Waals surface area contributed by atoms with E-state index in [0.29, 0.717) is 39.1 Å². The number of rotatable bonds is 6. The molecule has 0 radical (unpaired) electrons. The van der Waals surface area contributed by atoms with Gasteiger partial charge in [-0.1, -0.05) is 65.7 Å². The predicted molar refractivity (Wildman–Crippen MR) is 153 cm³/mol. The molecular formula is C29H27Cl2N7O. The van der Waals surface area contributed by atoms with Gasteiger partial charge in [0.1, 0.15) is 21.7 Å². The Morgan fingerprint density at radius 3 is 2.59 bits per heavy atom. The van der Waals surface area contributed by atoms with Crippen molar-refractivity contribution in [3.05, 3.63) is 109 Å². The van der Waals surface area contributed by atoms with Crippen LogP contribution in [0.25, 0.3) is 17.1 Å². The first kappa shape index (κ1) is 25.4. The molecule has 6 rings (SSSR count). The second-order valence-electron chi connectivity index (χ2n) is 9.86. The van der Waals surface area contributed by atoms with Gasteiger partial charge in [0, 0.05) is 29.9 Å². The average molecular weight is 560 g/mol. The lowest BCUT2D eigenvalue weighted by atomic mass is 10.1. The molecule has 8 nitrogen and oxygen atoms in total. The maximum absolute atomic E-state index is 13.6. The van der Waals surface area contributed by atoms with Gasteiger partial charge in [-0.3, -0.25) is 19.3 Å². The lowest BCUT2D eigenvalue weighted by Gasteiger charge is -2.17. The fourth-order valence-corrected chi connectivity index (χ4v) is 5.88. The SMILES string of the molecule is Cn1c(=O)c(=C(NCc2ccc(-c3cc(Cl)cc(Cl)n3)cc2)Nc2ccccc2)c(=N)n2c1=NC1CCCC12. The Bertz CT molecular complexity index is 1780. The van der Waals surface area contributed by atoms with Gasteiger partial charge in [-0.2, -0.15) is 0 Å². The standard InChI is InChI=1S/C29H27Cl2N7O/c1-37-28(39)25(26(32)38-23-9-5-8-21(23)36-29(37)38)27(34-20-6-3-2-4-7-20)33-16-17-10-12-18(13-11-17)22-14-19(30)15-24(31)35-22/h2-4,6-7,10-15,21,23,32-34H,5,8-9,16H2,1H3. The minimum Gasteiger partial charge on any atom is -0.367 e. The molecule has 1 aliphatic carbocycles. The smallest absolute Gasteiger partial charge is 0.267 e. The predicted octanol–water partition coefficient (Wildman–Crippen LogP) is 3.73. The molecule has 2 unspecified atom stereocenters. The molecule has 39 heavy (non-hydrogen) atoms. The van der Waals surface area contributed by atoms with Crippen LogP contribution >= 0.6 is 23.2 Å². The van der Waals surface area contributed by atoms with Crippen molar-refractivity contribution in [2.45, 2.75) is 37.9 Å². The number of benzene rings is 2. The van der Waals surface area contributed by atoms with Crippen LogP contribution in [-0.2, 0) is 13.6 Å². The Balaban J connectivity index is 1.39. The zero-order valence-corrected chi connectivity index (χ0v) is 22.8. The van der Waals surface area contributed by atoms with E-state index >= 15 is 0 Å². The topological polar surface area (TPSA) is 100 Å². The van der Waals surface area contributed by atoms with Crippen LogP contribution in [0.2, 0.25) is 10.2 Å². The monoisotopic (exact) mass is 559 g/mol. The highest BCUT2D eigenvalue weighted by Crippen LogP contribution is 2.32. The summed E-state index contributed by atoms with van der Waals surface area (Å²) in [6.07, 6.45) is 3.02. The van der Waals surface area contributed by atoms with Crippen molar-refractivity contribution in [1.29, 1.82) is 5.41 Å². The van der Waals surface area contributed by atoms with Crippen molar-refractivity contribution in [3.63, 3.8) is 0 Å². The highest BCUT2D eigenvalue weighted by molar-refractivity contribution is 6.34. The molecule has 0 spiro atoms. The van der Waals surface area contributed by atoms with Crippen molar-refractivity contribution in [2.75, 3.05) is 5.32 Å². The molecule has 3 N–H and O–H groups in total. The summed E-state index contributed by atoms with van der Waals surface area (Å²) >= 11 is 12.2. The van der Waals surface area contributed by atoms with E-state index in [1.165, 1.54) is 0 Å². The van der Waals surface area contributed by atoms with Crippen molar-refractivity contribution in [3.8, 4) is 11.3 Å². The summed E-state index contributed by atoms with van der Waals surface area (Å²) in [6, 6.07) is 21.2. The lowest BCUT2D eigenvalue weighted by Crippen LogP contribution is -2.59. The van der Waals surface area contributed by atoms with Crippen LogP contribution < -0.4 is 32.5 Å². The van der Waals surface area contributed by atoms with Gasteiger partial charge in [-0.15, -0.1) is 0 Å². The van der Waals surface area contributed by atoms with E-state index in [1.807, 2.05) is 59.2 Å². The van der Waals surface area contributed by atoms with Gasteiger partial charge >= 0.3 is 0 Å². The van der Waals surface area contributed by atoms with Gasteiger partial charge in [-0.25, -0.2) is 9.98 Å². The van der Waals surface area contributed by atoms with Crippen LogP contribution in [0.1, 0.15) is 30.9 Å². The zero-order chi connectivity index (χ0) is 27.1. The summed E-state index contributed by atoms with van der Waals surface area (Å²) < 4.78 is 3.50. The number of nitrogens with one attached hydrogen (secondary N) is 3. The van der Waals surface area contributed by atoms with Gasteiger partial charge in [-0.05, 0) is 49.1 Å². The number of pyridine rings is 1. The minimum absolute atomic E-state index is 0.122. The Hall–Kier alpha value is -3.88. The number of hydrogen-bond donors (Lipinski definition) is 3. The van der Waals surface area contributed by atoms with Crippen molar-refractivity contribution in [1.82, 2.24) is 19.4 Å². The molecule has 3 heterocycles. The van der Waals surface area contributed by atoms with Crippen LogP contribution in [0.4, 0.5) is 5.69 Å². The third-order valence-electron chi connectivity index (χ3n) is 7.34. The van der Waals surface area contributed by atoms with E-state index in [-0.39, 0.29) is 23.1 Å². The fourth-order valence-electron chi connectivity index (χ4n) is 5.41. The molecular weight excluding hydrogens is 533 g/mol. The Morgan fingerprint density at radius 2 is 1.85 bits per heavy atom. The first-order valence-corrected chi connectivity index (χ1v) is 13.6. The third-order valence-corrected chi connectivity index (χ3v) is 7.75. The highest BCUT2D eigenvalue weighted by Gasteiger charge is 2.35. The first-order chi connectivity index (χ1) is 18.9. The van der Waals surface area contributed by atoms with E-state index in [4.69, 9.17) is 33.6 Å². The molecule has 0 saturated heterocycles. The molecule has 0 amide bonds. The molecule has 4 aromatic rings. The Labute approximate surface area is 234 Å². The molecule has 2 aromatic heterocycles. The highest BCUT2D eigenvalue weighted by atomic mass is 35.5. The molecule has 1 saturated carbocycles. The molecule has 1 fully saturated rings. The van der Waals surface area contributed by atoms with Crippen LogP contribution in [0.15, 0.2) is 76.5 Å². The third kappa shape index (κ3) is 4.86. The number of fused-ring (bicyclic) bond motifs is 3. The Kier molecular flexibility index (Phi) is 6.74. The number of halogens is 2. The second-order valence-corrected chi connectivity index (χ2v) is 10.7. The number of para-hydroxylation sites is 1. The number of nitrogens with zero attached hydrogens (tertiary/aromatic N) is 4. The quantitative estimate of drug-likeness (QED) is 0.313. The van der Waals surface area contributed by atoms with E-state index < -0.39 is 0 Å². The fraction of sp³-hybridized carbons (Fsp3) is 0.241. The van der Waals surface area contributed by atoms with Gasteiger partial charge in [0.2, 0.25) is 5.62 Å². The van der Waals surface area contributed by atoms with Crippen molar-refractivity contribution >= 4 is 34.7 Å². The summed E-state index contributed by atoms with van der Waals surface area (Å²) in [5.41, 5.74) is 3.88. The minimum atomic E-state index is -0.264. The maximum Gasteiger partial charge on any atom is 0.267 e. The summed E-state index contributed by atoms with van der Waals surface area (Å²) in [5, 5.41) is 17.0. The molecule has 198 valence electrons. The second kappa shape index (κ2) is 10.4. The summed E-state index contributed by atoms with van der Waals surface area (Å²) in [5.74, 6) is 0.482. The molecule has 1 aliphatic heterocycles. The van der Waals surface area contributed by atoms with Crippen LogP contribution in [-0.4, -0.2) is 20.2 Å². The maximum atomic E-state index is 13.6. The average Bonchev–Trinajstić information content (AvgIpc) is 3.53. The molecule has 0 bridgehead atoms. The van der Waals surface area contributed by atoms with Crippen LogP contribution in [0, 0.1) is 5.41 Å². The molecule has 2 atom stereocenters. The number of aromatic nitrogens is 3. The molecule has 10 heteroatoms. The van der Waals surface area contributed by atoms with Gasteiger partial charge in [0.25, 0.3) is 5.56 Å². The van der Waals surface area contributed by atoms with E-state index in [2.05, 4.69) is 15.6 Å². The number of anilines is 1. The molecule has 2 aromatic carbocycles. The zero-order valence-electron chi connectivity index (χ0n) is 21.3. The van der Waals surface area contributed by atoms with Gasteiger partial charge < -0.3 is 10.6 Å². The normalized spacial score (nSPS) is 18.2. The first-order valence-electron chi connectivity index (χ1n) is 12.9. The van der Waals surface area contributed by atoms with Gasteiger partial charge in [0.15, 0.2) is 0 Å². The summed E-state index contributed by atoms with van der Waals surface area (Å²) in [6.45, 7) is 0.431. The van der Waals surface area contributed by atoms with Crippen LogP contribution in [0.5, 0.6) is 0 Å². The largest absolute Gasteiger partial charge is 0.367 e. The number of hydrogen-bond acceptors (Lipinski definition) is 6. The van der Waals surface area contributed by atoms with Crippen molar-refractivity contribution < 1.29 is 0 Å². The summed E-state index contributed by atoms with van der Waals surface area (Å²) in [7, 11) is 1.73. The van der Waals surface area contributed by atoms with Gasteiger partial charge in [0.05, 0.1) is 17.8 Å². The van der Waals surface area contributed by atoms with E-state index in [0.717, 1.165) is 36.1 Å². The lowest BCUT2D eigenvalue weighted by molar-refractivity contribution is 0.465. The van der Waals surface area contributed by atoms with E-state index in [9.17, 15) is 4.79 Å². The Morgan fingerprint density at radius 1 is 1.08 bits per heavy atom. The molecule has 2 aliphatic rings. The van der Waals surface area contributed by atoms with Crippen LogP contribution in [0.3, 0.4) is 0 Å². The summed E-state index contributed by atoms with van der Waals surface area (Å²) in [4.78, 5) is 22.8. The van der Waals surface area contributed by atoms with Crippen molar-refractivity contribution in [2.24, 2.45) is 12.0 Å². The van der Waals surface area contributed by atoms with E-state index in [1.54, 1.807) is 23.7 Å².